The van der Waals surface area contributed by atoms with Gasteiger partial charge in [-0.15, -0.1) is 0 Å². The van der Waals surface area contributed by atoms with Gasteiger partial charge in [-0.2, -0.15) is 0 Å². The van der Waals surface area contributed by atoms with E-state index in [4.69, 9.17) is 5.73 Å². The molecule has 0 aliphatic heterocycles. The van der Waals surface area contributed by atoms with Gasteiger partial charge in [0.1, 0.15) is 5.82 Å². The van der Waals surface area contributed by atoms with Crippen molar-refractivity contribution in [2.24, 2.45) is 5.73 Å². The minimum Gasteiger partial charge on any atom is -0.324 e. The molecule has 2 rings (SSSR count). The Morgan fingerprint density at radius 2 is 2.19 bits per heavy atom. The number of aromatic nitrogens is 1. The lowest BCUT2D eigenvalue weighted by molar-refractivity contribution is 0.617. The number of hydrogen-bond acceptors (Lipinski definition) is 2. The molecule has 0 saturated heterocycles. The summed E-state index contributed by atoms with van der Waals surface area (Å²) in [6.07, 6.45) is 1.19. The van der Waals surface area contributed by atoms with Gasteiger partial charge in [0.2, 0.25) is 0 Å². The SMILES string of the molecule is C[C@H](N)c1cc2ccc(F)cn2c(=O)c1I. The molecule has 2 aromatic heterocycles. The first kappa shape index (κ1) is 11.5. The average Bonchev–Trinajstić information content (AvgIpc) is 2.23. The van der Waals surface area contributed by atoms with Crippen LogP contribution in [0.4, 0.5) is 4.39 Å². The lowest BCUT2D eigenvalue weighted by Gasteiger charge is -2.10. The fourth-order valence-corrected chi connectivity index (χ4v) is 2.47. The molecule has 5 heteroatoms. The summed E-state index contributed by atoms with van der Waals surface area (Å²) in [4.78, 5) is 11.9. The van der Waals surface area contributed by atoms with E-state index in [0.29, 0.717) is 9.09 Å². The van der Waals surface area contributed by atoms with E-state index in [1.807, 2.05) is 35.6 Å². The predicted molar refractivity (Wildman–Crippen MR) is 68.9 cm³/mol. The highest BCUT2D eigenvalue weighted by atomic mass is 127. The number of fused-ring (bicyclic) bond motifs is 1. The summed E-state index contributed by atoms with van der Waals surface area (Å²) >= 11 is 1.94. The normalized spacial score (nSPS) is 13.0. The molecule has 0 bridgehead atoms. The zero-order valence-electron chi connectivity index (χ0n) is 8.58. The molecular weight excluding hydrogens is 322 g/mol. The van der Waals surface area contributed by atoms with Crippen molar-refractivity contribution < 1.29 is 4.39 Å². The minimum atomic E-state index is -0.432. The number of rotatable bonds is 1. The Kier molecular flexibility index (Phi) is 2.98. The van der Waals surface area contributed by atoms with Gasteiger partial charge >= 0.3 is 0 Å². The van der Waals surface area contributed by atoms with Gasteiger partial charge in [-0.05, 0) is 53.3 Å². The lowest BCUT2D eigenvalue weighted by Crippen LogP contribution is -2.21. The molecular formula is C11H10FIN2O. The third kappa shape index (κ3) is 1.84. The first-order valence-electron chi connectivity index (χ1n) is 4.76. The topological polar surface area (TPSA) is 47.5 Å². The number of nitrogens with zero attached hydrogens (tertiary/aromatic N) is 1. The predicted octanol–water partition coefficient (Wildman–Crippen LogP) is 2.06. The molecule has 0 saturated carbocycles. The Bertz CT molecular complexity index is 607. The zero-order chi connectivity index (χ0) is 11.9. The number of halogens is 2. The summed E-state index contributed by atoms with van der Waals surface area (Å²) in [6, 6.07) is 4.49. The Hall–Kier alpha value is -0.950. The maximum Gasteiger partial charge on any atom is 0.268 e. The third-order valence-corrected chi connectivity index (χ3v) is 3.48. The second kappa shape index (κ2) is 4.14. The monoisotopic (exact) mass is 332 g/mol. The zero-order valence-corrected chi connectivity index (χ0v) is 10.7. The Morgan fingerprint density at radius 1 is 1.50 bits per heavy atom. The molecule has 0 aliphatic rings. The van der Waals surface area contributed by atoms with Crippen LogP contribution in [0.5, 0.6) is 0 Å². The van der Waals surface area contributed by atoms with Crippen LogP contribution in [-0.4, -0.2) is 4.40 Å². The van der Waals surface area contributed by atoms with Gasteiger partial charge in [-0.1, -0.05) is 0 Å². The van der Waals surface area contributed by atoms with Gasteiger partial charge in [0.05, 0.1) is 3.57 Å². The largest absolute Gasteiger partial charge is 0.324 e. The molecule has 0 fully saturated rings. The van der Waals surface area contributed by atoms with E-state index in [9.17, 15) is 9.18 Å². The fraction of sp³-hybridized carbons (Fsp3) is 0.182. The second-order valence-electron chi connectivity index (χ2n) is 3.65. The van der Waals surface area contributed by atoms with Gasteiger partial charge in [0.25, 0.3) is 5.56 Å². The summed E-state index contributed by atoms with van der Waals surface area (Å²) in [6.45, 7) is 1.82. The van der Waals surface area contributed by atoms with E-state index >= 15 is 0 Å². The standard InChI is InChI=1S/C11H10FIN2O/c1-6(14)9-4-8-3-2-7(12)5-15(8)11(16)10(9)13/h2-6H,14H2,1H3/t6-/m0/s1. The second-order valence-corrected chi connectivity index (χ2v) is 4.73. The maximum absolute atomic E-state index is 13.0. The Morgan fingerprint density at radius 3 is 2.81 bits per heavy atom. The molecule has 2 N–H and O–H groups in total. The molecule has 16 heavy (non-hydrogen) atoms. The van der Waals surface area contributed by atoms with Crippen LogP contribution in [0.3, 0.4) is 0 Å². The van der Waals surface area contributed by atoms with Crippen LogP contribution in [0.15, 0.2) is 29.2 Å². The Labute approximate surface area is 105 Å². The van der Waals surface area contributed by atoms with Crippen LogP contribution in [0, 0.1) is 9.39 Å². The molecule has 2 aromatic rings. The van der Waals surface area contributed by atoms with Crippen molar-refractivity contribution in [2.45, 2.75) is 13.0 Å². The van der Waals surface area contributed by atoms with E-state index in [2.05, 4.69) is 0 Å². The number of nitrogens with two attached hydrogens (primary N) is 1. The van der Waals surface area contributed by atoms with Gasteiger partial charge < -0.3 is 5.73 Å². The molecule has 3 nitrogen and oxygen atoms in total. The minimum absolute atomic E-state index is 0.213. The van der Waals surface area contributed by atoms with Crippen LogP contribution in [0.2, 0.25) is 0 Å². The fourth-order valence-electron chi connectivity index (χ4n) is 1.56. The molecule has 0 radical (unpaired) electrons. The summed E-state index contributed by atoms with van der Waals surface area (Å²) in [7, 11) is 0. The molecule has 84 valence electrons. The molecule has 0 amide bonds. The van der Waals surface area contributed by atoms with E-state index in [1.54, 1.807) is 6.07 Å². The smallest absolute Gasteiger partial charge is 0.268 e. The van der Waals surface area contributed by atoms with Crippen molar-refractivity contribution in [1.29, 1.82) is 0 Å². The van der Waals surface area contributed by atoms with E-state index in [0.717, 1.165) is 5.56 Å². The van der Waals surface area contributed by atoms with E-state index < -0.39 is 5.82 Å². The summed E-state index contributed by atoms with van der Waals surface area (Å²) in [5.41, 5.74) is 6.99. The van der Waals surface area contributed by atoms with Crippen LogP contribution >= 0.6 is 22.6 Å². The highest BCUT2D eigenvalue weighted by molar-refractivity contribution is 14.1. The van der Waals surface area contributed by atoms with E-state index in [-0.39, 0.29) is 11.6 Å². The summed E-state index contributed by atoms with van der Waals surface area (Å²) < 4.78 is 14.9. The molecule has 0 aliphatic carbocycles. The third-order valence-electron chi connectivity index (χ3n) is 2.40. The van der Waals surface area contributed by atoms with Crippen molar-refractivity contribution >= 4 is 28.1 Å². The van der Waals surface area contributed by atoms with Crippen molar-refractivity contribution in [3.63, 3.8) is 0 Å². The van der Waals surface area contributed by atoms with E-state index in [1.165, 1.54) is 16.7 Å². The summed E-state index contributed by atoms with van der Waals surface area (Å²) in [5, 5.41) is 0. The van der Waals surface area contributed by atoms with Gasteiger partial charge in [0.15, 0.2) is 0 Å². The number of hydrogen-bond donors (Lipinski definition) is 1. The van der Waals surface area contributed by atoms with Gasteiger partial charge in [0, 0.05) is 17.8 Å². The Balaban J connectivity index is 2.88. The van der Waals surface area contributed by atoms with Crippen molar-refractivity contribution in [3.8, 4) is 0 Å². The molecule has 2 heterocycles. The van der Waals surface area contributed by atoms with Crippen LogP contribution in [-0.2, 0) is 0 Å². The molecule has 0 aromatic carbocycles. The molecule has 0 unspecified atom stereocenters. The lowest BCUT2D eigenvalue weighted by atomic mass is 10.1. The summed E-state index contributed by atoms with van der Waals surface area (Å²) in [5.74, 6) is -0.432. The van der Waals surface area contributed by atoms with Crippen LogP contribution in [0.1, 0.15) is 18.5 Å². The highest BCUT2D eigenvalue weighted by Crippen LogP contribution is 2.17. The van der Waals surface area contributed by atoms with Gasteiger partial charge in [-0.25, -0.2) is 4.39 Å². The van der Waals surface area contributed by atoms with Crippen LogP contribution in [0.25, 0.3) is 5.52 Å². The quantitative estimate of drug-likeness (QED) is 0.813. The maximum atomic E-state index is 13.0. The average molecular weight is 332 g/mol. The van der Waals surface area contributed by atoms with Gasteiger partial charge in [-0.3, -0.25) is 9.20 Å². The van der Waals surface area contributed by atoms with Crippen LogP contribution < -0.4 is 11.3 Å². The van der Waals surface area contributed by atoms with Crippen molar-refractivity contribution in [2.75, 3.05) is 0 Å². The number of pyridine rings is 2. The van der Waals surface area contributed by atoms with Crippen molar-refractivity contribution in [3.05, 3.63) is 49.7 Å². The first-order chi connectivity index (χ1) is 7.50. The first-order valence-corrected chi connectivity index (χ1v) is 5.84. The molecule has 0 spiro atoms. The molecule has 1 atom stereocenters. The van der Waals surface area contributed by atoms with Crippen molar-refractivity contribution in [1.82, 2.24) is 4.40 Å². The highest BCUT2D eigenvalue weighted by Gasteiger charge is 2.11.